The van der Waals surface area contributed by atoms with Crippen LogP contribution in [0.3, 0.4) is 0 Å². The van der Waals surface area contributed by atoms with Crippen molar-refractivity contribution in [3.05, 3.63) is 33.9 Å². The van der Waals surface area contributed by atoms with Crippen LogP contribution in [0, 0.1) is 17.0 Å². The zero-order chi connectivity index (χ0) is 13.8. The van der Waals surface area contributed by atoms with E-state index >= 15 is 0 Å². The summed E-state index contributed by atoms with van der Waals surface area (Å²) >= 11 is 0. The second-order valence-corrected chi connectivity index (χ2v) is 5.02. The van der Waals surface area contributed by atoms with Gasteiger partial charge in [-0.05, 0) is 37.8 Å². The van der Waals surface area contributed by atoms with E-state index in [9.17, 15) is 10.1 Å². The monoisotopic (exact) mass is 264 g/mol. The highest BCUT2D eigenvalue weighted by molar-refractivity contribution is 5.55. The first kappa shape index (κ1) is 13.8. The first-order chi connectivity index (χ1) is 9.10. The van der Waals surface area contributed by atoms with E-state index in [0.717, 1.165) is 37.1 Å². The van der Waals surface area contributed by atoms with Gasteiger partial charge in [0, 0.05) is 30.5 Å². The fraction of sp³-hybridized carbons (Fsp3) is 0.571. The van der Waals surface area contributed by atoms with E-state index in [4.69, 9.17) is 4.74 Å². The number of non-ortho nitro benzene ring substituents is 1. The van der Waals surface area contributed by atoms with E-state index in [-0.39, 0.29) is 10.6 Å². The highest BCUT2D eigenvalue weighted by Gasteiger charge is 2.21. The van der Waals surface area contributed by atoms with Gasteiger partial charge in [-0.3, -0.25) is 10.1 Å². The van der Waals surface area contributed by atoms with Crippen LogP contribution in [-0.4, -0.2) is 23.7 Å². The van der Waals surface area contributed by atoms with Gasteiger partial charge in [0.2, 0.25) is 0 Å². The molecule has 19 heavy (non-hydrogen) atoms. The number of nitro benzene ring substituents is 1. The Morgan fingerprint density at radius 3 is 2.95 bits per heavy atom. The molecule has 2 atom stereocenters. The van der Waals surface area contributed by atoms with Gasteiger partial charge in [-0.1, -0.05) is 6.92 Å². The number of nitrogens with one attached hydrogen (secondary N) is 1. The lowest BCUT2D eigenvalue weighted by Crippen LogP contribution is -2.33. The Balaban J connectivity index is 2.04. The number of hydrogen-bond acceptors (Lipinski definition) is 4. The van der Waals surface area contributed by atoms with Crippen LogP contribution in [0.15, 0.2) is 18.2 Å². The number of anilines is 1. The average Bonchev–Trinajstić information content (AvgIpc) is 2.41. The van der Waals surface area contributed by atoms with Crippen LogP contribution in [0.25, 0.3) is 0 Å². The number of nitrogens with zero attached hydrogens (tertiary/aromatic N) is 1. The number of benzene rings is 1. The molecule has 1 aliphatic heterocycles. The molecule has 0 bridgehead atoms. The first-order valence-corrected chi connectivity index (χ1v) is 6.73. The number of hydrogen-bond donors (Lipinski definition) is 1. The molecule has 2 unspecified atom stereocenters. The fourth-order valence-corrected chi connectivity index (χ4v) is 2.44. The van der Waals surface area contributed by atoms with Crippen molar-refractivity contribution in [3.8, 4) is 0 Å². The summed E-state index contributed by atoms with van der Waals surface area (Å²) in [5.74, 6) is 0. The molecule has 1 saturated heterocycles. The van der Waals surface area contributed by atoms with Crippen LogP contribution in [0.4, 0.5) is 11.4 Å². The number of nitro groups is 1. The zero-order valence-corrected chi connectivity index (χ0v) is 11.4. The lowest BCUT2D eigenvalue weighted by Gasteiger charge is -2.30. The standard InChI is InChI=1S/C14H20N2O3/c1-3-13-9-11(6-7-19-13)15-14-5-4-12(16(17)18)8-10(14)2/h4-5,8,11,13,15H,3,6-7,9H2,1-2H3. The van der Waals surface area contributed by atoms with Gasteiger partial charge in [-0.25, -0.2) is 0 Å². The Morgan fingerprint density at radius 1 is 1.53 bits per heavy atom. The minimum absolute atomic E-state index is 0.140. The maximum atomic E-state index is 10.7. The molecule has 1 heterocycles. The predicted octanol–water partition coefficient (Wildman–Crippen LogP) is 3.27. The van der Waals surface area contributed by atoms with Crippen molar-refractivity contribution in [3.63, 3.8) is 0 Å². The highest BCUT2D eigenvalue weighted by atomic mass is 16.6. The number of aryl methyl sites for hydroxylation is 1. The molecule has 1 aromatic rings. The molecule has 0 aliphatic carbocycles. The molecule has 0 saturated carbocycles. The molecule has 2 rings (SSSR count). The lowest BCUT2D eigenvalue weighted by molar-refractivity contribution is -0.384. The molecule has 1 aliphatic rings. The smallest absolute Gasteiger partial charge is 0.269 e. The van der Waals surface area contributed by atoms with Crippen LogP contribution >= 0.6 is 0 Å². The summed E-state index contributed by atoms with van der Waals surface area (Å²) in [7, 11) is 0. The molecule has 5 nitrogen and oxygen atoms in total. The molecule has 1 aromatic carbocycles. The third-order valence-electron chi connectivity index (χ3n) is 3.60. The van der Waals surface area contributed by atoms with Crippen LogP contribution in [-0.2, 0) is 4.74 Å². The minimum atomic E-state index is -0.363. The molecular weight excluding hydrogens is 244 g/mol. The van der Waals surface area contributed by atoms with Crippen molar-refractivity contribution in [1.82, 2.24) is 0 Å². The van der Waals surface area contributed by atoms with Crippen LogP contribution in [0.1, 0.15) is 31.7 Å². The third kappa shape index (κ3) is 3.44. The maximum absolute atomic E-state index is 10.7. The topological polar surface area (TPSA) is 64.4 Å². The lowest BCUT2D eigenvalue weighted by atomic mass is 10.0. The Kier molecular flexibility index (Phi) is 4.37. The third-order valence-corrected chi connectivity index (χ3v) is 3.60. The molecule has 0 aromatic heterocycles. The van der Waals surface area contributed by atoms with Gasteiger partial charge in [-0.15, -0.1) is 0 Å². The zero-order valence-electron chi connectivity index (χ0n) is 11.4. The Morgan fingerprint density at radius 2 is 2.32 bits per heavy atom. The summed E-state index contributed by atoms with van der Waals surface area (Å²) < 4.78 is 5.65. The second kappa shape index (κ2) is 6.02. The van der Waals surface area contributed by atoms with E-state index in [2.05, 4.69) is 12.2 Å². The number of rotatable bonds is 4. The summed E-state index contributed by atoms with van der Waals surface area (Å²) in [5.41, 5.74) is 2.03. The van der Waals surface area contributed by atoms with Gasteiger partial charge in [-0.2, -0.15) is 0 Å². The summed E-state index contributed by atoms with van der Waals surface area (Å²) in [6, 6.07) is 5.34. The molecule has 0 spiro atoms. The Bertz CT molecular complexity index is 462. The van der Waals surface area contributed by atoms with Crippen molar-refractivity contribution in [2.24, 2.45) is 0 Å². The summed E-state index contributed by atoms with van der Waals surface area (Å²) in [6.07, 6.45) is 3.32. The molecule has 1 fully saturated rings. The van der Waals surface area contributed by atoms with Gasteiger partial charge in [0.1, 0.15) is 0 Å². The minimum Gasteiger partial charge on any atom is -0.382 e. The van der Waals surface area contributed by atoms with Gasteiger partial charge < -0.3 is 10.1 Å². The van der Waals surface area contributed by atoms with E-state index in [1.807, 2.05) is 6.92 Å². The van der Waals surface area contributed by atoms with E-state index in [1.54, 1.807) is 18.2 Å². The molecule has 1 N–H and O–H groups in total. The fourth-order valence-electron chi connectivity index (χ4n) is 2.44. The summed E-state index contributed by atoms with van der Waals surface area (Å²) in [5, 5.41) is 14.2. The average molecular weight is 264 g/mol. The van der Waals surface area contributed by atoms with Crippen molar-refractivity contribution in [1.29, 1.82) is 0 Å². The Labute approximate surface area is 113 Å². The van der Waals surface area contributed by atoms with Gasteiger partial charge >= 0.3 is 0 Å². The van der Waals surface area contributed by atoms with Crippen LogP contribution in [0.2, 0.25) is 0 Å². The summed E-state index contributed by atoms with van der Waals surface area (Å²) in [4.78, 5) is 10.3. The second-order valence-electron chi connectivity index (χ2n) is 5.02. The van der Waals surface area contributed by atoms with Crippen LogP contribution < -0.4 is 5.32 Å². The van der Waals surface area contributed by atoms with Gasteiger partial charge in [0.25, 0.3) is 5.69 Å². The van der Waals surface area contributed by atoms with Gasteiger partial charge in [0.15, 0.2) is 0 Å². The quantitative estimate of drug-likeness (QED) is 0.669. The predicted molar refractivity (Wildman–Crippen MR) is 74.5 cm³/mol. The van der Waals surface area contributed by atoms with Crippen LogP contribution in [0.5, 0.6) is 0 Å². The van der Waals surface area contributed by atoms with Crippen molar-refractivity contribution in [2.45, 2.75) is 45.3 Å². The number of ether oxygens (including phenoxy) is 1. The largest absolute Gasteiger partial charge is 0.382 e. The van der Waals surface area contributed by atoms with E-state index in [1.165, 1.54) is 0 Å². The molecule has 0 radical (unpaired) electrons. The molecular formula is C14H20N2O3. The van der Waals surface area contributed by atoms with Crippen molar-refractivity contribution < 1.29 is 9.66 Å². The normalized spacial score (nSPS) is 23.1. The first-order valence-electron chi connectivity index (χ1n) is 6.73. The molecule has 5 heteroatoms. The maximum Gasteiger partial charge on any atom is 0.269 e. The Hall–Kier alpha value is -1.62. The van der Waals surface area contributed by atoms with Crippen molar-refractivity contribution >= 4 is 11.4 Å². The van der Waals surface area contributed by atoms with E-state index in [0.29, 0.717) is 12.1 Å². The summed E-state index contributed by atoms with van der Waals surface area (Å²) in [6.45, 7) is 4.80. The van der Waals surface area contributed by atoms with Gasteiger partial charge in [0.05, 0.1) is 11.0 Å². The van der Waals surface area contributed by atoms with E-state index < -0.39 is 0 Å². The van der Waals surface area contributed by atoms with Crippen molar-refractivity contribution in [2.75, 3.05) is 11.9 Å². The SMILES string of the molecule is CCC1CC(Nc2ccc([N+](=O)[O-])cc2C)CCO1. The molecule has 0 amide bonds. The highest BCUT2D eigenvalue weighted by Crippen LogP contribution is 2.25. The molecule has 104 valence electrons.